The Morgan fingerprint density at radius 3 is 2.83 bits per heavy atom. The first-order chi connectivity index (χ1) is 17.4. The van der Waals surface area contributed by atoms with E-state index < -0.39 is 30.4 Å². The Balaban J connectivity index is 1.35. The van der Waals surface area contributed by atoms with Gasteiger partial charge in [-0.25, -0.2) is 9.97 Å². The second-order valence-electron chi connectivity index (χ2n) is 8.60. The van der Waals surface area contributed by atoms with Crippen LogP contribution in [0.4, 0.5) is 11.5 Å². The predicted octanol–water partition coefficient (Wildman–Crippen LogP) is 1.22. The number of aliphatic hydroxyl groups excluding tert-OH is 2. The highest BCUT2D eigenvalue weighted by Gasteiger charge is 2.48. The summed E-state index contributed by atoms with van der Waals surface area (Å²) < 4.78 is 9.12. The number of carbonyl (C=O) groups is 1. The van der Waals surface area contributed by atoms with Crippen LogP contribution in [0, 0.1) is 0 Å². The topological polar surface area (TPSA) is 166 Å². The van der Waals surface area contributed by atoms with Gasteiger partial charge in [0.25, 0.3) is 5.91 Å². The molecule has 36 heavy (non-hydrogen) atoms. The van der Waals surface area contributed by atoms with E-state index in [0.717, 1.165) is 10.8 Å². The standard InChI is InChI=1S/C24H22N8O4/c1-31-8-6-16(30-31)14-10-32(22-17(14)21(25)27-11-28-22)24-19(34)18(33)20(36-24)23(35)29-15-4-2-3-12-9-26-7-5-13(12)15/h2-11,18-20,24,33-34H,1H3,(H,29,35)(H2,25,27,28)/t18-,19+,20-,24+/m0/s1. The molecule has 5 heterocycles. The third kappa shape index (κ3) is 3.47. The molecule has 1 amide bonds. The van der Waals surface area contributed by atoms with Crippen molar-refractivity contribution in [1.82, 2.24) is 29.3 Å². The van der Waals surface area contributed by atoms with Gasteiger partial charge in [-0.3, -0.25) is 14.5 Å². The zero-order chi connectivity index (χ0) is 25.0. The van der Waals surface area contributed by atoms with E-state index in [1.807, 2.05) is 12.1 Å². The molecule has 0 radical (unpaired) electrons. The number of rotatable bonds is 4. The number of aryl methyl sites for hydroxylation is 1. The molecular formula is C24H22N8O4. The maximum Gasteiger partial charge on any atom is 0.256 e. The molecule has 4 atom stereocenters. The number of amides is 1. The Bertz CT molecular complexity index is 1610. The number of benzene rings is 1. The van der Waals surface area contributed by atoms with Crippen molar-refractivity contribution in [2.75, 3.05) is 11.1 Å². The van der Waals surface area contributed by atoms with Gasteiger partial charge in [0.1, 0.15) is 30.0 Å². The van der Waals surface area contributed by atoms with Crippen LogP contribution in [0.2, 0.25) is 0 Å². The highest BCUT2D eigenvalue weighted by atomic mass is 16.6. The molecule has 12 heteroatoms. The Morgan fingerprint density at radius 2 is 2.03 bits per heavy atom. The summed E-state index contributed by atoms with van der Waals surface area (Å²) in [6.45, 7) is 0. The molecule has 0 bridgehead atoms. The fourth-order valence-corrected chi connectivity index (χ4v) is 4.60. The first-order valence-electron chi connectivity index (χ1n) is 11.2. The van der Waals surface area contributed by atoms with E-state index in [2.05, 4.69) is 25.4 Å². The van der Waals surface area contributed by atoms with Crippen molar-refractivity contribution in [1.29, 1.82) is 0 Å². The lowest BCUT2D eigenvalue weighted by Gasteiger charge is -2.17. The Kier molecular flexibility index (Phi) is 5.14. The van der Waals surface area contributed by atoms with Crippen LogP contribution in [0.1, 0.15) is 6.23 Å². The minimum Gasteiger partial charge on any atom is -0.387 e. The number of aliphatic hydroxyl groups is 2. The quantitative estimate of drug-likeness (QED) is 0.292. The number of hydrogen-bond acceptors (Lipinski definition) is 9. The zero-order valence-corrected chi connectivity index (χ0v) is 19.1. The van der Waals surface area contributed by atoms with E-state index in [1.165, 1.54) is 6.33 Å². The number of fused-ring (bicyclic) bond motifs is 2. The molecule has 0 unspecified atom stereocenters. The molecule has 182 valence electrons. The number of nitrogen functional groups attached to an aromatic ring is 1. The highest BCUT2D eigenvalue weighted by Crippen LogP contribution is 2.38. The number of carbonyl (C=O) groups excluding carboxylic acids is 1. The number of nitrogens with two attached hydrogens (primary N) is 1. The molecular weight excluding hydrogens is 464 g/mol. The summed E-state index contributed by atoms with van der Waals surface area (Å²) in [7, 11) is 1.79. The van der Waals surface area contributed by atoms with Crippen LogP contribution in [0.25, 0.3) is 33.1 Å². The molecule has 1 aliphatic heterocycles. The molecule has 0 aliphatic carbocycles. The van der Waals surface area contributed by atoms with Gasteiger partial charge in [0, 0.05) is 53.9 Å². The fourth-order valence-electron chi connectivity index (χ4n) is 4.60. The predicted molar refractivity (Wildman–Crippen MR) is 130 cm³/mol. The van der Waals surface area contributed by atoms with Gasteiger partial charge in [-0.1, -0.05) is 12.1 Å². The third-order valence-corrected chi connectivity index (χ3v) is 6.34. The van der Waals surface area contributed by atoms with Gasteiger partial charge in [-0.05, 0) is 18.2 Å². The summed E-state index contributed by atoms with van der Waals surface area (Å²) in [5.41, 5.74) is 8.33. The molecule has 1 fully saturated rings. The van der Waals surface area contributed by atoms with Crippen LogP contribution >= 0.6 is 0 Å². The number of ether oxygens (including phenoxy) is 1. The molecule has 1 aromatic carbocycles. The maximum atomic E-state index is 13.1. The van der Waals surface area contributed by atoms with E-state index in [4.69, 9.17) is 10.5 Å². The number of anilines is 2. The summed E-state index contributed by atoms with van der Waals surface area (Å²) >= 11 is 0. The van der Waals surface area contributed by atoms with Crippen LogP contribution in [0.15, 0.2) is 61.4 Å². The molecule has 6 rings (SSSR count). The van der Waals surface area contributed by atoms with Crippen LogP contribution in [0.5, 0.6) is 0 Å². The van der Waals surface area contributed by atoms with Gasteiger partial charge in [-0.2, -0.15) is 5.10 Å². The molecule has 12 nitrogen and oxygen atoms in total. The van der Waals surface area contributed by atoms with Crippen LogP contribution in [-0.2, 0) is 16.6 Å². The van der Waals surface area contributed by atoms with E-state index in [9.17, 15) is 15.0 Å². The van der Waals surface area contributed by atoms with E-state index in [0.29, 0.717) is 28.0 Å². The first kappa shape index (κ1) is 22.1. The van der Waals surface area contributed by atoms with E-state index in [-0.39, 0.29) is 5.82 Å². The number of aromatic nitrogens is 6. The number of hydrogen-bond donors (Lipinski definition) is 4. The number of pyridine rings is 1. The van der Waals surface area contributed by atoms with Crippen LogP contribution < -0.4 is 11.1 Å². The second kappa shape index (κ2) is 8.37. The van der Waals surface area contributed by atoms with Crippen molar-refractivity contribution >= 4 is 39.2 Å². The highest BCUT2D eigenvalue weighted by molar-refractivity contribution is 6.04. The Hall–Kier alpha value is -4.39. The molecule has 0 saturated carbocycles. The molecule has 1 saturated heterocycles. The number of nitrogens with zero attached hydrogens (tertiary/aromatic N) is 6. The molecule has 5 N–H and O–H groups in total. The summed E-state index contributed by atoms with van der Waals surface area (Å²) in [4.78, 5) is 25.7. The normalized spacial score (nSPS) is 21.9. The van der Waals surface area contributed by atoms with E-state index >= 15 is 0 Å². The average molecular weight is 486 g/mol. The Morgan fingerprint density at radius 1 is 1.17 bits per heavy atom. The van der Waals surface area contributed by atoms with Crippen molar-refractivity contribution in [3.05, 3.63) is 61.4 Å². The molecule has 5 aromatic rings. The second-order valence-corrected chi connectivity index (χ2v) is 8.60. The van der Waals surface area contributed by atoms with Gasteiger partial charge in [0.2, 0.25) is 0 Å². The minimum atomic E-state index is -1.48. The summed E-state index contributed by atoms with van der Waals surface area (Å²) in [5.74, 6) is -0.365. The fraction of sp³-hybridized carbons (Fsp3) is 0.208. The van der Waals surface area contributed by atoms with Crippen molar-refractivity contribution in [3.8, 4) is 11.3 Å². The van der Waals surface area contributed by atoms with Gasteiger partial charge >= 0.3 is 0 Å². The van der Waals surface area contributed by atoms with Gasteiger partial charge in [-0.15, -0.1) is 0 Å². The van der Waals surface area contributed by atoms with E-state index in [1.54, 1.807) is 59.3 Å². The van der Waals surface area contributed by atoms with Crippen molar-refractivity contribution in [2.45, 2.75) is 24.5 Å². The smallest absolute Gasteiger partial charge is 0.256 e. The van der Waals surface area contributed by atoms with Crippen LogP contribution in [-0.4, -0.2) is 63.7 Å². The third-order valence-electron chi connectivity index (χ3n) is 6.34. The lowest BCUT2D eigenvalue weighted by Crippen LogP contribution is -2.39. The lowest BCUT2D eigenvalue weighted by molar-refractivity contribution is -0.132. The molecule has 0 spiro atoms. The number of nitrogens with one attached hydrogen (secondary N) is 1. The SMILES string of the molecule is Cn1ccc(-c2cn([C@@H]3O[C@H](C(=O)Nc4cccc5cnccc45)[C@@H](O)[C@H]3O)c3ncnc(N)c23)n1. The summed E-state index contributed by atoms with van der Waals surface area (Å²) in [5, 5.41) is 31.1. The minimum absolute atomic E-state index is 0.229. The van der Waals surface area contributed by atoms with Gasteiger partial charge < -0.3 is 30.6 Å². The Labute approximate surface area is 204 Å². The largest absolute Gasteiger partial charge is 0.387 e. The van der Waals surface area contributed by atoms with Crippen LogP contribution in [0.3, 0.4) is 0 Å². The van der Waals surface area contributed by atoms with Gasteiger partial charge in [0.05, 0.1) is 11.1 Å². The monoisotopic (exact) mass is 486 g/mol. The maximum absolute atomic E-state index is 13.1. The average Bonchev–Trinajstić information content (AvgIpc) is 3.56. The van der Waals surface area contributed by atoms with Crippen molar-refractivity contribution in [2.24, 2.45) is 7.05 Å². The van der Waals surface area contributed by atoms with Crippen molar-refractivity contribution < 1.29 is 19.7 Å². The molecule has 4 aromatic heterocycles. The summed E-state index contributed by atoms with van der Waals surface area (Å²) in [6.07, 6.45) is 2.73. The van der Waals surface area contributed by atoms with Gasteiger partial charge in [0.15, 0.2) is 12.3 Å². The first-order valence-corrected chi connectivity index (χ1v) is 11.2. The molecule has 1 aliphatic rings. The zero-order valence-electron chi connectivity index (χ0n) is 19.1. The lowest BCUT2D eigenvalue weighted by atomic mass is 10.1. The van der Waals surface area contributed by atoms with Crippen molar-refractivity contribution in [3.63, 3.8) is 0 Å². The summed E-state index contributed by atoms with van der Waals surface area (Å²) in [6, 6.07) is 9.00.